The molecule has 1 amide bonds. The molecule has 1 heterocycles. The highest BCUT2D eigenvalue weighted by Crippen LogP contribution is 2.42. The molecule has 0 bridgehead atoms. The summed E-state index contributed by atoms with van der Waals surface area (Å²) in [7, 11) is 1.59. The van der Waals surface area contributed by atoms with Gasteiger partial charge in [0.15, 0.2) is 11.5 Å². The van der Waals surface area contributed by atoms with Crippen LogP contribution in [-0.2, 0) is 14.3 Å². The average Bonchev–Trinajstić information content (AvgIpc) is 3.12. The van der Waals surface area contributed by atoms with Crippen LogP contribution in [0.5, 0.6) is 11.5 Å². The number of carbonyl (C=O) groups excluding carboxylic acids is 2. The van der Waals surface area contributed by atoms with Crippen molar-refractivity contribution in [1.29, 1.82) is 0 Å². The molecule has 36 heavy (non-hydrogen) atoms. The number of nitrogens with zero attached hydrogens (tertiary/aromatic N) is 1. The molecule has 7 heteroatoms. The van der Waals surface area contributed by atoms with E-state index in [2.05, 4.69) is 6.92 Å². The predicted molar refractivity (Wildman–Crippen MR) is 139 cm³/mol. The van der Waals surface area contributed by atoms with Crippen LogP contribution in [0.15, 0.2) is 48.0 Å². The van der Waals surface area contributed by atoms with E-state index in [0.717, 1.165) is 24.8 Å². The summed E-state index contributed by atoms with van der Waals surface area (Å²) in [5, 5.41) is 11.2. The van der Waals surface area contributed by atoms with Crippen molar-refractivity contribution in [2.45, 2.75) is 52.5 Å². The predicted octanol–water partition coefficient (Wildman–Crippen LogP) is 5.42. The summed E-state index contributed by atoms with van der Waals surface area (Å²) in [5.41, 5.74) is 2.25. The van der Waals surface area contributed by atoms with E-state index in [4.69, 9.17) is 14.2 Å². The highest BCUT2D eigenvalue weighted by Gasteiger charge is 2.46. The smallest absolute Gasteiger partial charge is 0.295 e. The maximum absolute atomic E-state index is 13.2. The third-order valence-corrected chi connectivity index (χ3v) is 6.20. The Morgan fingerprint density at radius 3 is 2.36 bits per heavy atom. The normalized spacial score (nSPS) is 17.0. The van der Waals surface area contributed by atoms with Crippen molar-refractivity contribution >= 4 is 17.4 Å². The summed E-state index contributed by atoms with van der Waals surface area (Å²) in [6.45, 7) is 7.75. The number of aliphatic hydroxyl groups is 1. The van der Waals surface area contributed by atoms with Gasteiger partial charge in [-0.2, -0.15) is 0 Å². The van der Waals surface area contributed by atoms with E-state index >= 15 is 0 Å². The zero-order valence-corrected chi connectivity index (χ0v) is 21.7. The molecule has 1 N–H and O–H groups in total. The van der Waals surface area contributed by atoms with Crippen LogP contribution in [0.25, 0.3) is 5.76 Å². The number of ether oxygens (including phenoxy) is 3. The molecule has 0 aromatic heterocycles. The Balaban J connectivity index is 2.06. The van der Waals surface area contributed by atoms with Crippen LogP contribution in [0.3, 0.4) is 0 Å². The number of rotatable bonds is 13. The molecule has 1 aliphatic rings. The molecule has 1 saturated heterocycles. The monoisotopic (exact) mass is 495 g/mol. The van der Waals surface area contributed by atoms with Gasteiger partial charge < -0.3 is 24.2 Å². The Hall–Kier alpha value is -3.32. The van der Waals surface area contributed by atoms with Gasteiger partial charge in [0.05, 0.1) is 24.8 Å². The van der Waals surface area contributed by atoms with Crippen molar-refractivity contribution in [2.24, 2.45) is 0 Å². The summed E-state index contributed by atoms with van der Waals surface area (Å²) in [4.78, 5) is 27.8. The first kappa shape index (κ1) is 27.3. The Morgan fingerprint density at radius 1 is 0.944 bits per heavy atom. The van der Waals surface area contributed by atoms with Crippen molar-refractivity contribution in [1.82, 2.24) is 4.90 Å². The van der Waals surface area contributed by atoms with Crippen molar-refractivity contribution in [3.05, 3.63) is 64.7 Å². The number of benzene rings is 2. The number of amides is 1. The van der Waals surface area contributed by atoms with Gasteiger partial charge >= 0.3 is 0 Å². The van der Waals surface area contributed by atoms with E-state index in [1.807, 2.05) is 38.1 Å². The lowest BCUT2D eigenvalue weighted by Gasteiger charge is -2.26. The van der Waals surface area contributed by atoms with E-state index in [9.17, 15) is 14.7 Å². The molecule has 7 nitrogen and oxygen atoms in total. The third kappa shape index (κ3) is 6.26. The fourth-order valence-electron chi connectivity index (χ4n) is 4.32. The number of hydrogen-bond acceptors (Lipinski definition) is 6. The standard InChI is InChI=1S/C29H37NO6/c1-5-7-8-18-36-23-15-14-22(19-24(23)35-6-2)26-25(27(31)21-12-10-20(3)11-13-21)28(32)29(33)30(26)16-9-17-34-4/h10-15,19,26,31H,5-9,16-18H2,1-4H3/b27-25+. The van der Waals surface area contributed by atoms with E-state index in [1.54, 1.807) is 25.3 Å². The molecule has 1 fully saturated rings. The van der Waals surface area contributed by atoms with Crippen LogP contribution in [0.2, 0.25) is 0 Å². The summed E-state index contributed by atoms with van der Waals surface area (Å²) >= 11 is 0. The van der Waals surface area contributed by atoms with Gasteiger partial charge in [-0.15, -0.1) is 0 Å². The fourth-order valence-corrected chi connectivity index (χ4v) is 4.32. The van der Waals surface area contributed by atoms with Gasteiger partial charge in [-0.25, -0.2) is 0 Å². The molecule has 1 aliphatic heterocycles. The van der Waals surface area contributed by atoms with Gasteiger partial charge in [-0.3, -0.25) is 9.59 Å². The molecule has 0 aliphatic carbocycles. The molecular weight excluding hydrogens is 458 g/mol. The second kappa shape index (κ2) is 13.1. The minimum absolute atomic E-state index is 0.0698. The van der Waals surface area contributed by atoms with Crippen LogP contribution in [0, 0.1) is 6.92 Å². The second-order valence-electron chi connectivity index (χ2n) is 8.90. The van der Waals surface area contributed by atoms with Crippen molar-refractivity contribution in [3.8, 4) is 11.5 Å². The lowest BCUT2D eigenvalue weighted by Crippen LogP contribution is -2.31. The van der Waals surface area contributed by atoms with Gasteiger partial charge in [0.1, 0.15) is 5.76 Å². The van der Waals surface area contributed by atoms with Gasteiger partial charge in [0.2, 0.25) is 0 Å². The highest BCUT2D eigenvalue weighted by atomic mass is 16.5. The summed E-state index contributed by atoms with van der Waals surface area (Å²) in [5.74, 6) is -0.364. The lowest BCUT2D eigenvalue weighted by atomic mass is 9.94. The van der Waals surface area contributed by atoms with E-state index in [0.29, 0.717) is 55.4 Å². The van der Waals surface area contributed by atoms with E-state index in [1.165, 1.54) is 4.90 Å². The van der Waals surface area contributed by atoms with Crippen LogP contribution in [-0.4, -0.2) is 55.2 Å². The van der Waals surface area contributed by atoms with Crippen LogP contribution in [0.4, 0.5) is 0 Å². The molecule has 2 aromatic rings. The molecular formula is C29H37NO6. The minimum Gasteiger partial charge on any atom is -0.507 e. The Kier molecular flexibility index (Phi) is 9.94. The van der Waals surface area contributed by atoms with E-state index < -0.39 is 17.7 Å². The maximum atomic E-state index is 13.2. The number of likely N-dealkylation sites (tertiary alicyclic amines) is 1. The van der Waals surface area contributed by atoms with Crippen LogP contribution in [0.1, 0.15) is 62.3 Å². The molecule has 1 atom stereocenters. The quantitative estimate of drug-likeness (QED) is 0.173. The number of methoxy groups -OCH3 is 1. The Labute approximate surface area is 213 Å². The first-order chi connectivity index (χ1) is 17.4. The zero-order chi connectivity index (χ0) is 26.1. The van der Waals surface area contributed by atoms with Gasteiger partial charge in [0.25, 0.3) is 11.7 Å². The van der Waals surface area contributed by atoms with Crippen molar-refractivity contribution in [3.63, 3.8) is 0 Å². The molecule has 2 aromatic carbocycles. The van der Waals surface area contributed by atoms with Crippen LogP contribution >= 0.6 is 0 Å². The van der Waals surface area contributed by atoms with Gasteiger partial charge in [-0.1, -0.05) is 55.7 Å². The molecule has 3 rings (SSSR count). The summed E-state index contributed by atoms with van der Waals surface area (Å²) < 4.78 is 17.0. The SMILES string of the molecule is CCCCCOc1ccc(C2/C(=C(\O)c3ccc(C)cc3)C(=O)C(=O)N2CCCOC)cc1OCC. The molecule has 1 unspecified atom stereocenters. The fraction of sp³-hybridized carbons (Fsp3) is 0.448. The zero-order valence-electron chi connectivity index (χ0n) is 21.7. The van der Waals surface area contributed by atoms with E-state index in [-0.39, 0.29) is 11.3 Å². The number of unbranched alkanes of at least 4 members (excludes halogenated alkanes) is 2. The topological polar surface area (TPSA) is 85.3 Å². The highest BCUT2D eigenvalue weighted by molar-refractivity contribution is 6.46. The molecule has 0 spiro atoms. The first-order valence-electron chi connectivity index (χ1n) is 12.7. The van der Waals surface area contributed by atoms with Crippen LogP contribution < -0.4 is 9.47 Å². The molecule has 0 radical (unpaired) electrons. The number of Topliss-reactive ketones (excluding diaryl/α,β-unsaturated/α-hetero) is 1. The number of carbonyl (C=O) groups is 2. The van der Waals surface area contributed by atoms with Gasteiger partial charge in [0, 0.05) is 25.8 Å². The maximum Gasteiger partial charge on any atom is 0.295 e. The third-order valence-electron chi connectivity index (χ3n) is 6.20. The Morgan fingerprint density at radius 2 is 1.69 bits per heavy atom. The van der Waals surface area contributed by atoms with Crippen molar-refractivity contribution < 1.29 is 28.9 Å². The number of hydrogen-bond donors (Lipinski definition) is 1. The average molecular weight is 496 g/mol. The minimum atomic E-state index is -0.753. The molecule has 194 valence electrons. The summed E-state index contributed by atoms with van der Waals surface area (Å²) in [6.07, 6.45) is 3.68. The van der Waals surface area contributed by atoms with Crippen molar-refractivity contribution in [2.75, 3.05) is 33.5 Å². The largest absolute Gasteiger partial charge is 0.507 e. The Bertz CT molecular complexity index is 1080. The number of aliphatic hydroxyl groups excluding tert-OH is 1. The first-order valence-corrected chi connectivity index (χ1v) is 12.7. The number of ketones is 1. The number of aryl methyl sites for hydroxylation is 1. The summed E-state index contributed by atoms with van der Waals surface area (Å²) in [6, 6.07) is 11.9. The van der Waals surface area contributed by atoms with Gasteiger partial charge in [-0.05, 0) is 44.4 Å². The lowest BCUT2D eigenvalue weighted by molar-refractivity contribution is -0.140. The second-order valence-corrected chi connectivity index (χ2v) is 8.90. The molecule has 0 saturated carbocycles.